The highest BCUT2D eigenvalue weighted by Gasteiger charge is 2.28. The molecule has 0 spiro atoms. The first-order valence-corrected chi connectivity index (χ1v) is 10.4. The average Bonchev–Trinajstić information content (AvgIpc) is 2.81. The minimum Gasteiger partial charge on any atom is -0.436 e. The maximum absolute atomic E-state index is 12.9. The molecule has 1 fully saturated rings. The van der Waals surface area contributed by atoms with Crippen LogP contribution in [-0.2, 0) is 11.2 Å². The van der Waals surface area contributed by atoms with Crippen LogP contribution in [0.25, 0.3) is 0 Å². The van der Waals surface area contributed by atoms with Gasteiger partial charge >= 0.3 is 0 Å². The van der Waals surface area contributed by atoms with Crippen LogP contribution in [0.1, 0.15) is 25.3 Å². The van der Waals surface area contributed by atoms with E-state index in [0.717, 1.165) is 31.5 Å². The highest BCUT2D eigenvalue weighted by atomic mass is 16.5. The summed E-state index contributed by atoms with van der Waals surface area (Å²) in [5.74, 6) is 1.77. The summed E-state index contributed by atoms with van der Waals surface area (Å²) < 4.78 is 5.96. The van der Waals surface area contributed by atoms with Gasteiger partial charge in [0.2, 0.25) is 5.91 Å². The number of rotatable bonds is 6. The molecule has 2 aromatic carbocycles. The highest BCUT2D eigenvalue weighted by molar-refractivity contribution is 5.93. The fourth-order valence-corrected chi connectivity index (χ4v) is 3.66. The maximum Gasteiger partial charge on any atom is 0.263 e. The zero-order valence-corrected chi connectivity index (χ0v) is 17.1. The van der Waals surface area contributed by atoms with Crippen LogP contribution in [0.3, 0.4) is 0 Å². The molecular weight excluding hydrogens is 376 g/mol. The minimum absolute atomic E-state index is 0.0402. The van der Waals surface area contributed by atoms with E-state index in [1.807, 2.05) is 42.5 Å². The number of hydrogen-bond acceptors (Lipinski definition) is 5. The fraction of sp³-hybridized carbons (Fsp3) is 0.292. The SMILES string of the molecule is CCc1ccc(NC(=O)C2CCCN(c3nccnc3Oc3ccccc3)C2)cc1. The van der Waals surface area contributed by atoms with Crippen molar-refractivity contribution >= 4 is 17.4 Å². The Morgan fingerprint density at radius 1 is 1.10 bits per heavy atom. The summed E-state index contributed by atoms with van der Waals surface area (Å²) in [6.45, 7) is 3.52. The Balaban J connectivity index is 1.45. The van der Waals surface area contributed by atoms with Gasteiger partial charge in [0.05, 0.1) is 5.92 Å². The molecule has 0 aliphatic carbocycles. The van der Waals surface area contributed by atoms with Crippen molar-refractivity contribution in [1.29, 1.82) is 0 Å². The normalized spacial score (nSPS) is 16.2. The molecule has 154 valence electrons. The number of aryl methyl sites for hydroxylation is 1. The van der Waals surface area contributed by atoms with Crippen LogP contribution in [0.2, 0.25) is 0 Å². The second-order valence-electron chi connectivity index (χ2n) is 7.43. The van der Waals surface area contributed by atoms with E-state index >= 15 is 0 Å². The number of carbonyl (C=O) groups excluding carboxylic acids is 1. The monoisotopic (exact) mass is 402 g/mol. The van der Waals surface area contributed by atoms with Crippen molar-refractivity contribution < 1.29 is 9.53 Å². The van der Waals surface area contributed by atoms with Gasteiger partial charge in [-0.05, 0) is 49.1 Å². The predicted molar refractivity (Wildman–Crippen MR) is 118 cm³/mol. The summed E-state index contributed by atoms with van der Waals surface area (Å²) in [5.41, 5.74) is 2.09. The van der Waals surface area contributed by atoms with Crippen molar-refractivity contribution in [3.05, 3.63) is 72.6 Å². The molecule has 1 atom stereocenters. The Kier molecular flexibility index (Phi) is 6.23. The van der Waals surface area contributed by atoms with E-state index in [1.165, 1.54) is 5.56 Å². The van der Waals surface area contributed by atoms with Crippen LogP contribution in [0.15, 0.2) is 67.0 Å². The molecule has 1 amide bonds. The first-order valence-electron chi connectivity index (χ1n) is 10.4. The Bertz CT molecular complexity index is 976. The molecule has 1 aliphatic heterocycles. The summed E-state index contributed by atoms with van der Waals surface area (Å²) in [6, 6.07) is 17.6. The molecule has 30 heavy (non-hydrogen) atoms. The molecule has 6 heteroatoms. The van der Waals surface area contributed by atoms with Gasteiger partial charge in [0.15, 0.2) is 5.82 Å². The van der Waals surface area contributed by atoms with E-state index < -0.39 is 0 Å². The molecule has 1 saturated heterocycles. The number of hydrogen-bond donors (Lipinski definition) is 1. The number of aromatic nitrogens is 2. The lowest BCUT2D eigenvalue weighted by Crippen LogP contribution is -2.41. The van der Waals surface area contributed by atoms with Gasteiger partial charge < -0.3 is 15.0 Å². The third-order valence-electron chi connectivity index (χ3n) is 5.33. The first kappa shape index (κ1) is 19.9. The van der Waals surface area contributed by atoms with Crippen molar-refractivity contribution in [2.24, 2.45) is 5.92 Å². The van der Waals surface area contributed by atoms with Crippen molar-refractivity contribution in [3.8, 4) is 11.6 Å². The van der Waals surface area contributed by atoms with Crippen LogP contribution in [-0.4, -0.2) is 29.0 Å². The topological polar surface area (TPSA) is 67.4 Å². The van der Waals surface area contributed by atoms with Crippen LogP contribution >= 0.6 is 0 Å². The molecule has 0 radical (unpaired) electrons. The van der Waals surface area contributed by atoms with Crippen LogP contribution in [0, 0.1) is 5.92 Å². The molecule has 1 aromatic heterocycles. The molecule has 4 rings (SSSR count). The van der Waals surface area contributed by atoms with Crippen LogP contribution in [0.5, 0.6) is 11.6 Å². The number of benzene rings is 2. The van der Waals surface area contributed by atoms with E-state index in [9.17, 15) is 4.79 Å². The van der Waals surface area contributed by atoms with Crippen molar-refractivity contribution in [2.75, 3.05) is 23.3 Å². The number of nitrogens with zero attached hydrogens (tertiary/aromatic N) is 3. The number of carbonyl (C=O) groups is 1. The number of para-hydroxylation sites is 1. The summed E-state index contributed by atoms with van der Waals surface area (Å²) in [7, 11) is 0. The van der Waals surface area contributed by atoms with Gasteiger partial charge in [-0.3, -0.25) is 4.79 Å². The summed E-state index contributed by atoms with van der Waals surface area (Å²) >= 11 is 0. The summed E-state index contributed by atoms with van der Waals surface area (Å²) in [6.07, 6.45) is 6.03. The van der Waals surface area contributed by atoms with Crippen molar-refractivity contribution in [1.82, 2.24) is 9.97 Å². The second kappa shape index (κ2) is 9.39. The standard InChI is InChI=1S/C24H26N4O2/c1-2-18-10-12-20(13-11-18)27-23(29)19-7-6-16-28(17-19)22-24(26-15-14-25-22)30-21-8-4-3-5-9-21/h3-5,8-15,19H,2,6-7,16-17H2,1H3,(H,27,29). The molecule has 1 aliphatic rings. The van der Waals surface area contributed by atoms with Gasteiger partial charge in [-0.1, -0.05) is 37.3 Å². The zero-order valence-electron chi connectivity index (χ0n) is 17.1. The van der Waals surface area contributed by atoms with Gasteiger partial charge in [0, 0.05) is 31.2 Å². The Morgan fingerprint density at radius 2 is 1.87 bits per heavy atom. The molecule has 2 heterocycles. The number of ether oxygens (including phenoxy) is 1. The second-order valence-corrected chi connectivity index (χ2v) is 7.43. The first-order chi connectivity index (χ1) is 14.7. The third-order valence-corrected chi connectivity index (χ3v) is 5.33. The van der Waals surface area contributed by atoms with E-state index in [0.29, 0.717) is 24.0 Å². The molecule has 1 unspecified atom stereocenters. The fourth-order valence-electron chi connectivity index (χ4n) is 3.66. The summed E-state index contributed by atoms with van der Waals surface area (Å²) in [5, 5.41) is 3.06. The largest absolute Gasteiger partial charge is 0.436 e. The lowest BCUT2D eigenvalue weighted by molar-refractivity contribution is -0.120. The van der Waals surface area contributed by atoms with Crippen molar-refractivity contribution in [2.45, 2.75) is 26.2 Å². The number of amides is 1. The van der Waals surface area contributed by atoms with E-state index in [-0.39, 0.29) is 11.8 Å². The highest BCUT2D eigenvalue weighted by Crippen LogP contribution is 2.31. The average molecular weight is 402 g/mol. The van der Waals surface area contributed by atoms with Crippen LogP contribution in [0.4, 0.5) is 11.5 Å². The molecule has 6 nitrogen and oxygen atoms in total. The third kappa shape index (κ3) is 4.76. The summed E-state index contributed by atoms with van der Waals surface area (Å²) in [4.78, 5) is 23.8. The zero-order chi connectivity index (χ0) is 20.8. The lowest BCUT2D eigenvalue weighted by Gasteiger charge is -2.33. The number of nitrogens with one attached hydrogen (secondary N) is 1. The molecule has 1 N–H and O–H groups in total. The van der Waals surface area contributed by atoms with E-state index in [4.69, 9.17) is 4.74 Å². The number of piperidine rings is 1. The van der Waals surface area contributed by atoms with E-state index in [2.05, 4.69) is 39.2 Å². The van der Waals surface area contributed by atoms with Gasteiger partial charge in [-0.15, -0.1) is 0 Å². The molecule has 0 bridgehead atoms. The Labute approximate surface area is 176 Å². The lowest BCUT2D eigenvalue weighted by atomic mass is 9.97. The van der Waals surface area contributed by atoms with Gasteiger partial charge in [0.1, 0.15) is 5.75 Å². The minimum atomic E-state index is -0.115. The molecule has 3 aromatic rings. The van der Waals surface area contributed by atoms with E-state index in [1.54, 1.807) is 12.4 Å². The molecule has 0 saturated carbocycles. The quantitative estimate of drug-likeness (QED) is 0.648. The van der Waals surface area contributed by atoms with Crippen molar-refractivity contribution in [3.63, 3.8) is 0 Å². The predicted octanol–water partition coefficient (Wildman–Crippen LogP) is 4.69. The van der Waals surface area contributed by atoms with Gasteiger partial charge in [0.25, 0.3) is 5.88 Å². The molecular formula is C24H26N4O2. The van der Waals surface area contributed by atoms with Crippen LogP contribution < -0.4 is 15.0 Å². The smallest absolute Gasteiger partial charge is 0.263 e. The number of anilines is 2. The maximum atomic E-state index is 12.9. The van der Waals surface area contributed by atoms with Gasteiger partial charge in [-0.2, -0.15) is 0 Å². The Hall–Kier alpha value is -3.41. The van der Waals surface area contributed by atoms with Gasteiger partial charge in [-0.25, -0.2) is 9.97 Å². The Morgan fingerprint density at radius 3 is 2.63 bits per heavy atom.